The molecule has 0 aliphatic carbocycles. The smallest absolute Gasteiger partial charge is 0.408 e. The summed E-state index contributed by atoms with van der Waals surface area (Å²) in [5.41, 5.74) is 6.07. The molecule has 11 nitrogen and oxygen atoms in total. The SMILES string of the molecule is CCCCCN(C(=O)C(CC(N)=O)NC(=O)OC(C)(C)C)C(C(=O)NCCC(=O)OCC)c1ccc(C)cc1. The number of hydrogen-bond donors (Lipinski definition) is 3. The number of carbonyl (C=O) groups is 5. The molecule has 4 N–H and O–H groups in total. The Morgan fingerprint density at radius 1 is 1.03 bits per heavy atom. The van der Waals surface area contributed by atoms with E-state index in [1.807, 2.05) is 26.0 Å². The molecule has 39 heavy (non-hydrogen) atoms. The minimum atomic E-state index is -1.35. The third-order valence-corrected chi connectivity index (χ3v) is 5.57. The lowest BCUT2D eigenvalue weighted by Crippen LogP contribution is -2.54. The van der Waals surface area contributed by atoms with E-state index >= 15 is 0 Å². The number of amides is 4. The first-order chi connectivity index (χ1) is 18.3. The lowest BCUT2D eigenvalue weighted by Gasteiger charge is -2.34. The van der Waals surface area contributed by atoms with Crippen LogP contribution in [-0.2, 0) is 28.7 Å². The van der Waals surface area contributed by atoms with Crippen molar-refractivity contribution in [3.05, 3.63) is 35.4 Å². The van der Waals surface area contributed by atoms with Gasteiger partial charge in [-0.2, -0.15) is 0 Å². The molecule has 2 unspecified atom stereocenters. The van der Waals surface area contributed by atoms with Gasteiger partial charge in [-0.15, -0.1) is 0 Å². The Morgan fingerprint density at radius 3 is 2.21 bits per heavy atom. The van der Waals surface area contributed by atoms with Crippen LogP contribution in [0, 0.1) is 6.92 Å². The summed E-state index contributed by atoms with van der Waals surface area (Å²) >= 11 is 0. The molecule has 0 aromatic heterocycles. The van der Waals surface area contributed by atoms with E-state index in [9.17, 15) is 24.0 Å². The van der Waals surface area contributed by atoms with Crippen molar-refractivity contribution in [1.29, 1.82) is 0 Å². The minimum Gasteiger partial charge on any atom is -0.466 e. The largest absolute Gasteiger partial charge is 0.466 e. The summed E-state index contributed by atoms with van der Waals surface area (Å²) in [6, 6.07) is 4.70. The Bertz CT molecular complexity index is 973. The van der Waals surface area contributed by atoms with Gasteiger partial charge in [-0.05, 0) is 46.6 Å². The van der Waals surface area contributed by atoms with Gasteiger partial charge in [-0.25, -0.2) is 4.79 Å². The third kappa shape index (κ3) is 12.6. The zero-order valence-corrected chi connectivity index (χ0v) is 24.0. The van der Waals surface area contributed by atoms with Crippen molar-refractivity contribution in [3.8, 4) is 0 Å². The predicted molar refractivity (Wildman–Crippen MR) is 146 cm³/mol. The van der Waals surface area contributed by atoms with Gasteiger partial charge in [0.1, 0.15) is 17.7 Å². The van der Waals surface area contributed by atoms with E-state index in [1.165, 1.54) is 4.90 Å². The van der Waals surface area contributed by atoms with Crippen LogP contribution in [-0.4, -0.2) is 66.0 Å². The van der Waals surface area contributed by atoms with Crippen molar-refractivity contribution in [2.24, 2.45) is 5.73 Å². The van der Waals surface area contributed by atoms with E-state index in [0.29, 0.717) is 12.0 Å². The maximum absolute atomic E-state index is 13.9. The van der Waals surface area contributed by atoms with Crippen molar-refractivity contribution < 1.29 is 33.4 Å². The molecule has 1 aromatic carbocycles. The van der Waals surface area contributed by atoms with Gasteiger partial charge in [0, 0.05) is 13.1 Å². The average molecular weight is 549 g/mol. The van der Waals surface area contributed by atoms with E-state index in [0.717, 1.165) is 18.4 Å². The molecule has 0 bridgehead atoms. The first-order valence-corrected chi connectivity index (χ1v) is 13.4. The zero-order valence-electron chi connectivity index (χ0n) is 24.0. The van der Waals surface area contributed by atoms with E-state index in [2.05, 4.69) is 10.6 Å². The average Bonchev–Trinajstić information content (AvgIpc) is 2.82. The van der Waals surface area contributed by atoms with E-state index in [-0.39, 0.29) is 26.1 Å². The quantitative estimate of drug-likeness (QED) is 0.225. The Morgan fingerprint density at radius 2 is 1.67 bits per heavy atom. The van der Waals surface area contributed by atoms with Gasteiger partial charge >= 0.3 is 12.1 Å². The van der Waals surface area contributed by atoms with Crippen LogP contribution in [0.2, 0.25) is 0 Å². The molecular formula is C28H44N4O7. The van der Waals surface area contributed by atoms with Gasteiger partial charge in [0.05, 0.1) is 19.4 Å². The van der Waals surface area contributed by atoms with Gasteiger partial charge in [0.15, 0.2) is 0 Å². The Balaban J connectivity index is 3.41. The third-order valence-electron chi connectivity index (χ3n) is 5.57. The second-order valence-corrected chi connectivity index (χ2v) is 10.3. The molecule has 0 spiro atoms. The van der Waals surface area contributed by atoms with Crippen molar-refractivity contribution in [1.82, 2.24) is 15.5 Å². The molecule has 1 rings (SSSR count). The molecule has 0 radical (unpaired) electrons. The molecule has 0 aliphatic rings. The van der Waals surface area contributed by atoms with Gasteiger partial charge in [0.25, 0.3) is 0 Å². The normalized spacial score (nSPS) is 12.6. The molecule has 0 fully saturated rings. The van der Waals surface area contributed by atoms with Crippen LogP contribution in [0.15, 0.2) is 24.3 Å². The summed E-state index contributed by atoms with van der Waals surface area (Å²) in [7, 11) is 0. The van der Waals surface area contributed by atoms with Gasteiger partial charge in [-0.3, -0.25) is 19.2 Å². The van der Waals surface area contributed by atoms with Crippen LogP contribution in [0.3, 0.4) is 0 Å². The van der Waals surface area contributed by atoms with E-state index in [4.69, 9.17) is 15.2 Å². The Kier molecular flexibility index (Phi) is 14.0. The molecular weight excluding hydrogens is 504 g/mol. The van der Waals surface area contributed by atoms with Crippen LogP contribution in [0.5, 0.6) is 0 Å². The van der Waals surface area contributed by atoms with Crippen molar-refractivity contribution in [3.63, 3.8) is 0 Å². The van der Waals surface area contributed by atoms with Gasteiger partial charge < -0.3 is 30.7 Å². The van der Waals surface area contributed by atoms with Crippen molar-refractivity contribution >= 4 is 29.8 Å². The summed E-state index contributed by atoms with van der Waals surface area (Å²) < 4.78 is 10.2. The Labute approximate surface area is 231 Å². The lowest BCUT2D eigenvalue weighted by molar-refractivity contribution is -0.144. The number of ether oxygens (including phenoxy) is 2. The molecule has 0 aliphatic heterocycles. The fourth-order valence-corrected chi connectivity index (χ4v) is 3.79. The fraction of sp³-hybridized carbons (Fsp3) is 0.607. The zero-order chi connectivity index (χ0) is 29.6. The molecule has 0 heterocycles. The van der Waals surface area contributed by atoms with Crippen molar-refractivity contribution in [2.75, 3.05) is 19.7 Å². The number of esters is 1. The van der Waals surface area contributed by atoms with Crippen LogP contribution in [0.25, 0.3) is 0 Å². The number of carbonyl (C=O) groups excluding carboxylic acids is 5. The van der Waals surface area contributed by atoms with Gasteiger partial charge in [0.2, 0.25) is 17.7 Å². The van der Waals surface area contributed by atoms with E-state index < -0.39 is 53.9 Å². The second kappa shape index (κ2) is 16.4. The number of nitrogens with one attached hydrogen (secondary N) is 2. The topological polar surface area (TPSA) is 157 Å². The van der Waals surface area contributed by atoms with Crippen LogP contribution >= 0.6 is 0 Å². The van der Waals surface area contributed by atoms with E-state index in [1.54, 1.807) is 39.8 Å². The number of primary amides is 1. The standard InChI is InChI=1S/C28H44N4O7/c1-7-9-10-17-32(26(36)21(18-22(29)33)31-27(37)39-28(4,5)6)24(20-13-11-19(3)12-14-20)25(35)30-16-15-23(34)38-8-2/h11-14,21,24H,7-10,15-18H2,1-6H3,(H2,29,33)(H,30,35)(H,31,37). The number of rotatable bonds is 15. The first-order valence-electron chi connectivity index (χ1n) is 13.4. The van der Waals surface area contributed by atoms with Crippen LogP contribution < -0.4 is 16.4 Å². The second-order valence-electron chi connectivity index (χ2n) is 10.3. The number of aryl methyl sites for hydroxylation is 1. The molecule has 1 aromatic rings. The van der Waals surface area contributed by atoms with Crippen LogP contribution in [0.1, 0.15) is 83.9 Å². The predicted octanol–water partition coefficient (Wildman–Crippen LogP) is 2.89. The summed E-state index contributed by atoms with van der Waals surface area (Å²) in [5, 5.41) is 5.18. The minimum absolute atomic E-state index is 0.0118. The maximum atomic E-state index is 13.9. The monoisotopic (exact) mass is 548 g/mol. The van der Waals surface area contributed by atoms with Crippen molar-refractivity contribution in [2.45, 2.75) is 91.3 Å². The number of benzene rings is 1. The number of nitrogens with two attached hydrogens (primary N) is 1. The number of hydrogen-bond acceptors (Lipinski definition) is 7. The highest BCUT2D eigenvalue weighted by molar-refractivity contribution is 5.94. The van der Waals surface area contributed by atoms with Crippen LogP contribution in [0.4, 0.5) is 4.79 Å². The summed E-state index contributed by atoms with van der Waals surface area (Å²) in [6.07, 6.45) is 0.832. The highest BCUT2D eigenvalue weighted by Gasteiger charge is 2.36. The molecule has 218 valence electrons. The molecule has 11 heteroatoms. The lowest BCUT2D eigenvalue weighted by atomic mass is 10.00. The van der Waals surface area contributed by atoms with Gasteiger partial charge in [-0.1, -0.05) is 49.6 Å². The highest BCUT2D eigenvalue weighted by atomic mass is 16.6. The Hall–Kier alpha value is -3.63. The molecule has 2 atom stereocenters. The summed E-state index contributed by atoms with van der Waals surface area (Å²) in [4.78, 5) is 65.0. The summed E-state index contributed by atoms with van der Waals surface area (Å²) in [5.74, 6) is -2.42. The molecule has 0 saturated heterocycles. The maximum Gasteiger partial charge on any atom is 0.408 e. The molecule has 0 saturated carbocycles. The number of unbranched alkanes of at least 4 members (excludes halogenated alkanes) is 2. The summed E-state index contributed by atoms with van der Waals surface area (Å²) in [6.45, 7) is 11.0. The number of alkyl carbamates (subject to hydrolysis) is 1. The fourth-order valence-electron chi connectivity index (χ4n) is 3.79. The highest BCUT2D eigenvalue weighted by Crippen LogP contribution is 2.24. The number of nitrogens with zero attached hydrogens (tertiary/aromatic N) is 1. The molecule has 4 amide bonds. The first kappa shape index (κ1) is 33.4.